The lowest BCUT2D eigenvalue weighted by atomic mass is 9.92. The molecule has 3 aromatic carbocycles. The van der Waals surface area contributed by atoms with Crippen LogP contribution in [0, 0.1) is 5.92 Å². The lowest BCUT2D eigenvalue weighted by molar-refractivity contribution is -0.162. The molecular weight excluding hydrogens is 594 g/mol. The van der Waals surface area contributed by atoms with Crippen LogP contribution in [-0.4, -0.2) is 79.8 Å². The number of nitrogens with zero attached hydrogens (tertiary/aromatic N) is 1. The number of methoxy groups -OCH3 is 7. The minimum atomic E-state index is -0.620. The van der Waals surface area contributed by atoms with E-state index in [1.165, 1.54) is 0 Å². The van der Waals surface area contributed by atoms with Crippen molar-refractivity contribution in [2.75, 3.05) is 62.9 Å². The maximum absolute atomic E-state index is 13.9. The largest absolute Gasteiger partial charge is 0.496 e. The predicted molar refractivity (Wildman–Crippen MR) is 170 cm³/mol. The Kier molecular flexibility index (Phi) is 10.5. The molecule has 2 aliphatic rings. The van der Waals surface area contributed by atoms with Gasteiger partial charge in [-0.15, -0.1) is 0 Å². The van der Waals surface area contributed by atoms with Gasteiger partial charge in [-0.2, -0.15) is 0 Å². The highest BCUT2D eigenvalue weighted by Crippen LogP contribution is 2.45. The molecular formula is C35H43NO10. The molecule has 248 valence electrons. The Bertz CT molecular complexity index is 1500. The molecule has 0 amide bonds. The number of fused-ring (bicyclic) bond motifs is 1. The van der Waals surface area contributed by atoms with Gasteiger partial charge in [0.1, 0.15) is 23.4 Å². The van der Waals surface area contributed by atoms with Crippen molar-refractivity contribution in [1.82, 2.24) is 4.90 Å². The standard InChI is InChI=1S/C35H43NO10/c1-38-24-16-27(40-3)25-18-32(33(45-28(25)17-24)22-10-11-26(39-2)29(15-22)41-4)46-35(37)23-9-8-12-36(20-23)19-21-13-30(42-5)34(44-7)31(14-21)43-6/h10-11,13-17,23,32-33H,8-9,12,18-20H2,1-7H3/t23?,32-,33-/m1/s1. The van der Waals surface area contributed by atoms with Gasteiger partial charge in [-0.3, -0.25) is 9.69 Å². The lowest BCUT2D eigenvalue weighted by Crippen LogP contribution is -2.42. The van der Waals surface area contributed by atoms with Gasteiger partial charge in [0.2, 0.25) is 5.75 Å². The third-order valence-electron chi connectivity index (χ3n) is 8.57. The zero-order valence-corrected chi connectivity index (χ0v) is 27.5. The van der Waals surface area contributed by atoms with Crippen LogP contribution in [0.3, 0.4) is 0 Å². The third kappa shape index (κ3) is 6.84. The van der Waals surface area contributed by atoms with Crippen molar-refractivity contribution in [1.29, 1.82) is 0 Å². The summed E-state index contributed by atoms with van der Waals surface area (Å²) in [6.07, 6.45) is 0.768. The molecule has 0 aromatic heterocycles. The summed E-state index contributed by atoms with van der Waals surface area (Å²) in [5.74, 6) is 4.13. The second-order valence-corrected chi connectivity index (χ2v) is 11.2. The van der Waals surface area contributed by atoms with Crippen LogP contribution >= 0.6 is 0 Å². The quantitative estimate of drug-likeness (QED) is 0.244. The van der Waals surface area contributed by atoms with E-state index in [0.29, 0.717) is 65.5 Å². The van der Waals surface area contributed by atoms with Crippen molar-refractivity contribution >= 4 is 5.97 Å². The van der Waals surface area contributed by atoms with Gasteiger partial charge in [0, 0.05) is 42.8 Å². The molecule has 5 rings (SSSR count). The number of hydrogen-bond acceptors (Lipinski definition) is 11. The Labute approximate surface area is 270 Å². The van der Waals surface area contributed by atoms with Crippen LogP contribution in [0.15, 0.2) is 42.5 Å². The van der Waals surface area contributed by atoms with E-state index in [1.54, 1.807) is 55.8 Å². The summed E-state index contributed by atoms with van der Waals surface area (Å²) in [6.45, 7) is 2.03. The van der Waals surface area contributed by atoms with Crippen LogP contribution in [0.5, 0.6) is 46.0 Å². The van der Waals surface area contributed by atoms with Crippen molar-refractivity contribution < 1.29 is 47.4 Å². The Morgan fingerprint density at radius 2 is 1.48 bits per heavy atom. The number of benzene rings is 3. The predicted octanol–water partition coefficient (Wildman–Crippen LogP) is 5.25. The van der Waals surface area contributed by atoms with Gasteiger partial charge >= 0.3 is 5.97 Å². The molecule has 0 radical (unpaired) electrons. The van der Waals surface area contributed by atoms with Crippen LogP contribution in [0.25, 0.3) is 0 Å². The van der Waals surface area contributed by atoms with Crippen LogP contribution in [0.1, 0.15) is 35.6 Å². The fourth-order valence-corrected chi connectivity index (χ4v) is 6.26. The summed E-state index contributed by atoms with van der Waals surface area (Å²) >= 11 is 0. The monoisotopic (exact) mass is 637 g/mol. The van der Waals surface area contributed by atoms with E-state index in [4.69, 9.17) is 42.6 Å². The number of likely N-dealkylation sites (tertiary alicyclic amines) is 1. The smallest absolute Gasteiger partial charge is 0.310 e. The van der Waals surface area contributed by atoms with E-state index in [0.717, 1.165) is 36.1 Å². The molecule has 1 saturated heterocycles. The fraction of sp³-hybridized carbons (Fsp3) is 0.457. The molecule has 0 aliphatic carbocycles. The van der Waals surface area contributed by atoms with E-state index >= 15 is 0 Å². The highest BCUT2D eigenvalue weighted by molar-refractivity contribution is 5.73. The first-order valence-corrected chi connectivity index (χ1v) is 15.2. The van der Waals surface area contributed by atoms with Gasteiger partial charge in [-0.05, 0) is 49.2 Å². The molecule has 0 bridgehead atoms. The van der Waals surface area contributed by atoms with Crippen molar-refractivity contribution in [3.8, 4) is 46.0 Å². The van der Waals surface area contributed by atoms with Crippen LogP contribution < -0.4 is 37.9 Å². The Hall–Kier alpha value is -4.51. The summed E-state index contributed by atoms with van der Waals surface area (Å²) in [7, 11) is 11.1. The molecule has 0 saturated carbocycles. The number of carbonyl (C=O) groups excluding carboxylic acids is 1. The SMILES string of the molecule is COc1cc(OC)c2c(c1)O[C@H](c1ccc(OC)c(OC)c1)[C@H](OC(=O)C1CCCN(Cc3cc(OC)c(OC)c(OC)c3)C1)C2. The summed E-state index contributed by atoms with van der Waals surface area (Å²) in [6, 6.07) is 13.1. The Balaban J connectivity index is 1.38. The van der Waals surface area contributed by atoms with Crippen molar-refractivity contribution in [3.05, 3.63) is 59.2 Å². The van der Waals surface area contributed by atoms with E-state index in [2.05, 4.69) is 4.90 Å². The maximum atomic E-state index is 13.9. The normalized spacial score (nSPS) is 19.2. The number of piperidine rings is 1. The molecule has 3 atom stereocenters. The van der Waals surface area contributed by atoms with Crippen LogP contribution in [-0.2, 0) is 22.5 Å². The molecule has 0 N–H and O–H groups in total. The summed E-state index contributed by atoms with van der Waals surface area (Å²) in [5.41, 5.74) is 2.60. The Morgan fingerprint density at radius 3 is 2.11 bits per heavy atom. The number of esters is 1. The highest BCUT2D eigenvalue weighted by atomic mass is 16.6. The molecule has 0 spiro atoms. The average Bonchev–Trinajstić information content (AvgIpc) is 3.10. The van der Waals surface area contributed by atoms with Crippen molar-refractivity contribution in [2.45, 2.75) is 38.0 Å². The first-order valence-electron chi connectivity index (χ1n) is 15.2. The van der Waals surface area contributed by atoms with Gasteiger partial charge < -0.3 is 42.6 Å². The van der Waals surface area contributed by atoms with E-state index < -0.39 is 12.2 Å². The van der Waals surface area contributed by atoms with Gasteiger partial charge in [0.25, 0.3) is 0 Å². The zero-order chi connectivity index (χ0) is 32.8. The highest BCUT2D eigenvalue weighted by Gasteiger charge is 2.39. The molecule has 11 nitrogen and oxygen atoms in total. The Morgan fingerprint density at radius 1 is 0.783 bits per heavy atom. The molecule has 2 aliphatic heterocycles. The number of hydrogen-bond donors (Lipinski definition) is 0. The molecule has 1 fully saturated rings. The summed E-state index contributed by atoms with van der Waals surface area (Å²) < 4.78 is 51.6. The topological polar surface area (TPSA) is 103 Å². The number of rotatable bonds is 12. The number of carbonyl (C=O) groups is 1. The van der Waals surface area contributed by atoms with Crippen LogP contribution in [0.2, 0.25) is 0 Å². The van der Waals surface area contributed by atoms with Gasteiger partial charge in [-0.25, -0.2) is 0 Å². The summed E-state index contributed by atoms with van der Waals surface area (Å²) in [5, 5.41) is 0. The first-order chi connectivity index (χ1) is 22.3. The van der Waals surface area contributed by atoms with E-state index in [9.17, 15) is 4.79 Å². The van der Waals surface area contributed by atoms with Gasteiger partial charge in [0.15, 0.2) is 29.1 Å². The zero-order valence-electron chi connectivity index (χ0n) is 27.5. The molecule has 3 aromatic rings. The van der Waals surface area contributed by atoms with Crippen LogP contribution in [0.4, 0.5) is 0 Å². The molecule has 11 heteroatoms. The minimum absolute atomic E-state index is 0.260. The average molecular weight is 638 g/mol. The first kappa shape index (κ1) is 32.9. The lowest BCUT2D eigenvalue weighted by Gasteiger charge is -2.36. The second kappa shape index (κ2) is 14.7. The van der Waals surface area contributed by atoms with Gasteiger partial charge in [-0.1, -0.05) is 6.07 Å². The van der Waals surface area contributed by atoms with Gasteiger partial charge in [0.05, 0.1) is 55.7 Å². The van der Waals surface area contributed by atoms with Crippen molar-refractivity contribution in [2.24, 2.45) is 5.92 Å². The maximum Gasteiger partial charge on any atom is 0.310 e. The second-order valence-electron chi connectivity index (χ2n) is 11.2. The molecule has 2 heterocycles. The number of ether oxygens (including phenoxy) is 9. The molecule has 1 unspecified atom stereocenters. The fourth-order valence-electron chi connectivity index (χ4n) is 6.26. The van der Waals surface area contributed by atoms with Crippen molar-refractivity contribution in [3.63, 3.8) is 0 Å². The van der Waals surface area contributed by atoms with E-state index in [-0.39, 0.29) is 11.9 Å². The minimum Gasteiger partial charge on any atom is -0.496 e. The molecule has 46 heavy (non-hydrogen) atoms. The third-order valence-corrected chi connectivity index (χ3v) is 8.57. The van der Waals surface area contributed by atoms with E-state index in [1.807, 2.05) is 36.4 Å². The summed E-state index contributed by atoms with van der Waals surface area (Å²) in [4.78, 5) is 16.1.